The summed E-state index contributed by atoms with van der Waals surface area (Å²) in [6, 6.07) is 10.3. The van der Waals surface area contributed by atoms with Crippen LogP contribution in [0.1, 0.15) is 24.1 Å². The number of ether oxygens (including phenoxy) is 1. The average Bonchev–Trinajstić information content (AvgIpc) is 3.56. The Kier molecular flexibility index (Phi) is 5.57. The molecule has 1 atom stereocenters. The zero-order valence-electron chi connectivity index (χ0n) is 17.4. The normalized spacial score (nSPS) is 20.8. The van der Waals surface area contributed by atoms with Gasteiger partial charge in [-0.2, -0.15) is 0 Å². The van der Waals surface area contributed by atoms with Gasteiger partial charge in [0.1, 0.15) is 12.0 Å². The molecule has 2 aromatic heterocycles. The predicted octanol–water partition coefficient (Wildman–Crippen LogP) is 2.41. The number of nitrogens with one attached hydrogen (secondary N) is 1. The van der Waals surface area contributed by atoms with Crippen LogP contribution in [0.2, 0.25) is 0 Å². The van der Waals surface area contributed by atoms with Crippen LogP contribution in [0.4, 0.5) is 0 Å². The van der Waals surface area contributed by atoms with Crippen LogP contribution in [0.3, 0.4) is 0 Å². The lowest BCUT2D eigenvalue weighted by Crippen LogP contribution is -2.44. The first kappa shape index (κ1) is 20.0. The number of nitrogens with zero attached hydrogens (tertiary/aromatic N) is 4. The first-order valence-electron chi connectivity index (χ1n) is 10.8. The predicted molar refractivity (Wildman–Crippen MR) is 113 cm³/mol. The van der Waals surface area contributed by atoms with E-state index in [1.54, 1.807) is 18.6 Å². The molecule has 5 rings (SSSR count). The summed E-state index contributed by atoms with van der Waals surface area (Å²) >= 11 is 0. The van der Waals surface area contributed by atoms with E-state index in [9.17, 15) is 4.79 Å². The SMILES string of the molecule is O=C(NCc1ccon1)[C@@H]1CN(Cc2ccc(-n3ccnc3)cc2)CC12CCOCC2. The van der Waals surface area contributed by atoms with Crippen molar-refractivity contribution in [2.24, 2.45) is 11.3 Å². The number of rotatable bonds is 6. The van der Waals surface area contributed by atoms with Crippen LogP contribution in [0, 0.1) is 11.3 Å². The zero-order valence-corrected chi connectivity index (χ0v) is 17.4. The molecule has 8 nitrogen and oxygen atoms in total. The van der Waals surface area contributed by atoms with Gasteiger partial charge in [-0.05, 0) is 30.5 Å². The quantitative estimate of drug-likeness (QED) is 0.658. The van der Waals surface area contributed by atoms with Crippen LogP contribution in [0.5, 0.6) is 0 Å². The van der Waals surface area contributed by atoms with Crippen molar-refractivity contribution in [2.75, 3.05) is 26.3 Å². The van der Waals surface area contributed by atoms with Crippen LogP contribution in [0.25, 0.3) is 5.69 Å². The summed E-state index contributed by atoms with van der Waals surface area (Å²) in [7, 11) is 0. The third kappa shape index (κ3) is 4.26. The van der Waals surface area contributed by atoms with Crippen LogP contribution in [0.15, 0.2) is 59.8 Å². The van der Waals surface area contributed by atoms with E-state index in [2.05, 4.69) is 44.6 Å². The molecule has 8 heteroatoms. The number of imidazole rings is 1. The molecule has 2 aliphatic rings. The monoisotopic (exact) mass is 421 g/mol. The van der Waals surface area contributed by atoms with E-state index in [1.807, 2.05) is 10.8 Å². The maximum absolute atomic E-state index is 13.1. The Labute approximate surface area is 181 Å². The number of aromatic nitrogens is 3. The highest BCUT2D eigenvalue weighted by molar-refractivity contribution is 5.80. The molecule has 0 bridgehead atoms. The molecule has 4 heterocycles. The Morgan fingerprint density at radius 1 is 1.19 bits per heavy atom. The van der Waals surface area contributed by atoms with Gasteiger partial charge in [-0.25, -0.2) is 4.98 Å². The van der Waals surface area contributed by atoms with E-state index in [0.717, 1.165) is 57.1 Å². The van der Waals surface area contributed by atoms with Gasteiger partial charge in [0, 0.05) is 62.4 Å². The molecule has 3 aromatic rings. The maximum Gasteiger partial charge on any atom is 0.225 e. The molecule has 162 valence electrons. The third-order valence-corrected chi connectivity index (χ3v) is 6.60. The van der Waals surface area contributed by atoms with E-state index in [0.29, 0.717) is 6.54 Å². The Balaban J connectivity index is 1.27. The Morgan fingerprint density at radius 3 is 2.74 bits per heavy atom. The number of hydrogen-bond acceptors (Lipinski definition) is 6. The Morgan fingerprint density at radius 2 is 2.03 bits per heavy atom. The number of hydrogen-bond donors (Lipinski definition) is 1. The molecular formula is C23H27N5O3. The van der Waals surface area contributed by atoms with Crippen LogP contribution < -0.4 is 5.32 Å². The van der Waals surface area contributed by atoms with Gasteiger partial charge >= 0.3 is 0 Å². The van der Waals surface area contributed by atoms with Crippen molar-refractivity contribution < 1.29 is 14.1 Å². The molecule has 31 heavy (non-hydrogen) atoms. The van der Waals surface area contributed by atoms with E-state index in [1.165, 1.54) is 11.8 Å². The van der Waals surface area contributed by atoms with Crippen LogP contribution in [-0.4, -0.2) is 51.8 Å². The molecule has 1 N–H and O–H groups in total. The summed E-state index contributed by atoms with van der Waals surface area (Å²) in [5.74, 6) is 0.0522. The van der Waals surface area contributed by atoms with Crippen molar-refractivity contribution in [1.82, 2.24) is 24.9 Å². The largest absolute Gasteiger partial charge is 0.381 e. The Bertz CT molecular complexity index is 979. The molecule has 0 saturated carbocycles. The highest BCUT2D eigenvalue weighted by Gasteiger charge is 2.50. The lowest BCUT2D eigenvalue weighted by atomic mass is 9.71. The molecule has 1 amide bonds. The molecule has 0 unspecified atom stereocenters. The van der Waals surface area contributed by atoms with Gasteiger partial charge in [-0.3, -0.25) is 9.69 Å². The van der Waals surface area contributed by atoms with Crippen molar-refractivity contribution >= 4 is 5.91 Å². The van der Waals surface area contributed by atoms with Crippen molar-refractivity contribution in [3.05, 3.63) is 66.6 Å². The lowest BCUT2D eigenvalue weighted by Gasteiger charge is -2.37. The van der Waals surface area contributed by atoms with Crippen molar-refractivity contribution in [3.8, 4) is 5.69 Å². The van der Waals surface area contributed by atoms with E-state index >= 15 is 0 Å². The molecule has 2 aliphatic heterocycles. The number of amides is 1. The molecule has 2 fully saturated rings. The fourth-order valence-electron chi connectivity index (χ4n) is 4.91. The second-order valence-corrected chi connectivity index (χ2v) is 8.54. The van der Waals surface area contributed by atoms with Crippen LogP contribution in [-0.2, 0) is 22.6 Å². The standard InChI is InChI=1S/C23H27N5O3/c29-22(25-13-19-5-10-31-26-19)21-15-27(16-23(21)6-11-30-12-7-23)14-18-1-3-20(4-2-18)28-9-8-24-17-28/h1-5,8-10,17,21H,6-7,11-16H2,(H,25,29)/t21-/m0/s1. The van der Waals surface area contributed by atoms with Gasteiger partial charge in [0.15, 0.2) is 0 Å². The molecule has 0 aliphatic carbocycles. The van der Waals surface area contributed by atoms with Crippen molar-refractivity contribution in [3.63, 3.8) is 0 Å². The smallest absolute Gasteiger partial charge is 0.225 e. The van der Waals surface area contributed by atoms with Crippen LogP contribution >= 0.6 is 0 Å². The minimum absolute atomic E-state index is 0.0249. The Hall–Kier alpha value is -2.97. The highest BCUT2D eigenvalue weighted by Crippen LogP contribution is 2.44. The van der Waals surface area contributed by atoms with Gasteiger partial charge in [-0.15, -0.1) is 0 Å². The van der Waals surface area contributed by atoms with Crippen molar-refractivity contribution in [1.29, 1.82) is 0 Å². The van der Waals surface area contributed by atoms with E-state index < -0.39 is 0 Å². The van der Waals surface area contributed by atoms with Gasteiger partial charge in [-0.1, -0.05) is 17.3 Å². The van der Waals surface area contributed by atoms with Gasteiger partial charge in [0.2, 0.25) is 5.91 Å². The molecule has 0 radical (unpaired) electrons. The summed E-state index contributed by atoms with van der Waals surface area (Å²) in [4.78, 5) is 19.7. The second kappa shape index (κ2) is 8.64. The molecule has 1 spiro atoms. The third-order valence-electron chi connectivity index (χ3n) is 6.60. The molecule has 2 saturated heterocycles. The maximum atomic E-state index is 13.1. The molecular weight excluding hydrogens is 394 g/mol. The minimum atomic E-state index is -0.0477. The highest BCUT2D eigenvalue weighted by atomic mass is 16.5. The summed E-state index contributed by atoms with van der Waals surface area (Å²) in [6.07, 6.45) is 8.88. The summed E-state index contributed by atoms with van der Waals surface area (Å²) in [5, 5.41) is 6.96. The number of carbonyl (C=O) groups is 1. The average molecular weight is 422 g/mol. The topological polar surface area (TPSA) is 85.4 Å². The lowest BCUT2D eigenvalue weighted by molar-refractivity contribution is -0.130. The summed E-state index contributed by atoms with van der Waals surface area (Å²) in [6.45, 7) is 4.35. The summed E-state index contributed by atoms with van der Waals surface area (Å²) < 4.78 is 12.5. The van der Waals surface area contributed by atoms with Gasteiger partial charge in [0.05, 0.1) is 18.8 Å². The minimum Gasteiger partial charge on any atom is -0.381 e. The fourth-order valence-corrected chi connectivity index (χ4v) is 4.91. The number of benzene rings is 1. The van der Waals surface area contributed by atoms with E-state index in [-0.39, 0.29) is 17.2 Å². The first-order chi connectivity index (χ1) is 15.2. The first-order valence-corrected chi connectivity index (χ1v) is 10.8. The van der Waals surface area contributed by atoms with Gasteiger partial charge in [0.25, 0.3) is 0 Å². The van der Waals surface area contributed by atoms with Gasteiger partial charge < -0.3 is 19.1 Å². The fraction of sp³-hybridized carbons (Fsp3) is 0.435. The second-order valence-electron chi connectivity index (χ2n) is 8.54. The zero-order chi connectivity index (χ0) is 21.1. The van der Waals surface area contributed by atoms with E-state index in [4.69, 9.17) is 9.26 Å². The molecule has 1 aromatic carbocycles. The number of likely N-dealkylation sites (tertiary alicyclic amines) is 1. The van der Waals surface area contributed by atoms with Crippen molar-refractivity contribution in [2.45, 2.75) is 25.9 Å². The number of carbonyl (C=O) groups excluding carboxylic acids is 1. The summed E-state index contributed by atoms with van der Waals surface area (Å²) in [5.41, 5.74) is 3.05.